The number of methoxy groups -OCH3 is 1. The zero-order valence-corrected chi connectivity index (χ0v) is 15.2. The molecule has 0 radical (unpaired) electrons. The van der Waals surface area contributed by atoms with Gasteiger partial charge in [-0.2, -0.15) is 4.98 Å². The lowest BCUT2D eigenvalue weighted by Gasteiger charge is -2.30. The molecule has 0 N–H and O–H groups in total. The summed E-state index contributed by atoms with van der Waals surface area (Å²) in [6.45, 7) is 1.38. The summed E-state index contributed by atoms with van der Waals surface area (Å²) in [5.74, 6) is 2.10. The lowest BCUT2D eigenvalue weighted by atomic mass is 9.98. The van der Waals surface area contributed by atoms with Gasteiger partial charge in [-0.3, -0.25) is 4.79 Å². The minimum absolute atomic E-state index is 0.0761. The molecule has 26 heavy (non-hydrogen) atoms. The number of thiophene rings is 1. The summed E-state index contributed by atoms with van der Waals surface area (Å²) in [6, 6.07) is 11.3. The Balaban J connectivity index is 1.49. The molecule has 134 valence electrons. The van der Waals surface area contributed by atoms with Crippen molar-refractivity contribution in [1.82, 2.24) is 15.0 Å². The van der Waals surface area contributed by atoms with Crippen molar-refractivity contribution in [2.24, 2.45) is 0 Å². The van der Waals surface area contributed by atoms with Crippen molar-refractivity contribution >= 4 is 17.2 Å². The lowest BCUT2D eigenvalue weighted by molar-refractivity contribution is 0.0700. The van der Waals surface area contributed by atoms with Crippen LogP contribution in [0.3, 0.4) is 0 Å². The SMILES string of the molecule is COc1ccc(-c2noc([C@H]3CCCN(C(=O)c4cccs4)C3)n2)cc1. The zero-order valence-electron chi connectivity index (χ0n) is 14.4. The number of rotatable bonds is 4. The van der Waals surface area contributed by atoms with E-state index in [4.69, 9.17) is 9.26 Å². The van der Waals surface area contributed by atoms with E-state index in [0.29, 0.717) is 18.3 Å². The van der Waals surface area contributed by atoms with Gasteiger partial charge in [0.15, 0.2) is 0 Å². The van der Waals surface area contributed by atoms with Crippen molar-refractivity contribution < 1.29 is 14.1 Å². The molecule has 0 spiro atoms. The summed E-state index contributed by atoms with van der Waals surface area (Å²) in [4.78, 5) is 19.8. The Hall–Kier alpha value is -2.67. The van der Waals surface area contributed by atoms with Gasteiger partial charge in [-0.25, -0.2) is 0 Å². The second-order valence-electron chi connectivity index (χ2n) is 6.25. The van der Waals surface area contributed by atoms with Crippen LogP contribution in [0.15, 0.2) is 46.3 Å². The molecule has 1 aliphatic rings. The van der Waals surface area contributed by atoms with Gasteiger partial charge in [0.25, 0.3) is 5.91 Å². The number of ether oxygens (including phenoxy) is 1. The first kappa shape index (κ1) is 16.8. The molecule has 6 nitrogen and oxygen atoms in total. The first-order valence-corrected chi connectivity index (χ1v) is 9.43. The van der Waals surface area contributed by atoms with E-state index in [9.17, 15) is 4.79 Å². The van der Waals surface area contributed by atoms with Crippen LogP contribution in [0.5, 0.6) is 5.75 Å². The second kappa shape index (κ2) is 7.29. The van der Waals surface area contributed by atoms with Gasteiger partial charge < -0.3 is 14.2 Å². The van der Waals surface area contributed by atoms with Crippen LogP contribution in [0.1, 0.15) is 34.3 Å². The van der Waals surface area contributed by atoms with E-state index in [-0.39, 0.29) is 11.8 Å². The summed E-state index contributed by atoms with van der Waals surface area (Å²) in [5.41, 5.74) is 0.878. The van der Waals surface area contributed by atoms with Crippen molar-refractivity contribution in [3.05, 3.63) is 52.5 Å². The van der Waals surface area contributed by atoms with Crippen molar-refractivity contribution in [3.8, 4) is 17.1 Å². The van der Waals surface area contributed by atoms with Gasteiger partial charge in [0.2, 0.25) is 11.7 Å². The Kier molecular flexibility index (Phi) is 4.71. The van der Waals surface area contributed by atoms with E-state index in [2.05, 4.69) is 10.1 Å². The minimum Gasteiger partial charge on any atom is -0.497 e. The van der Waals surface area contributed by atoms with Gasteiger partial charge in [-0.15, -0.1) is 11.3 Å². The fourth-order valence-electron chi connectivity index (χ4n) is 3.18. The molecule has 1 aromatic carbocycles. The minimum atomic E-state index is 0.0761. The maximum absolute atomic E-state index is 12.6. The summed E-state index contributed by atoms with van der Waals surface area (Å²) in [5, 5.41) is 6.03. The van der Waals surface area contributed by atoms with Crippen LogP contribution < -0.4 is 4.74 Å². The van der Waals surface area contributed by atoms with Crippen LogP contribution in [-0.4, -0.2) is 41.1 Å². The van der Waals surface area contributed by atoms with Gasteiger partial charge >= 0.3 is 0 Å². The van der Waals surface area contributed by atoms with Crippen molar-refractivity contribution in [2.45, 2.75) is 18.8 Å². The third-order valence-corrected chi connectivity index (χ3v) is 5.44. The Bertz CT molecular complexity index is 874. The number of benzene rings is 1. The molecule has 0 bridgehead atoms. The highest BCUT2D eigenvalue weighted by molar-refractivity contribution is 7.12. The first-order valence-electron chi connectivity index (χ1n) is 8.55. The number of piperidine rings is 1. The van der Waals surface area contributed by atoms with Gasteiger partial charge in [0.05, 0.1) is 17.9 Å². The molecule has 1 fully saturated rings. The van der Waals surface area contributed by atoms with Crippen molar-refractivity contribution in [2.75, 3.05) is 20.2 Å². The molecular weight excluding hydrogens is 350 g/mol. The maximum atomic E-state index is 12.6. The standard InChI is InChI=1S/C19H19N3O3S/c1-24-15-8-6-13(7-9-15)17-20-18(25-21-17)14-4-2-10-22(12-14)19(23)16-5-3-11-26-16/h3,5-9,11,14H,2,4,10,12H2,1H3/t14-/m0/s1. The summed E-state index contributed by atoms with van der Waals surface area (Å²) < 4.78 is 10.7. The van der Waals surface area contributed by atoms with Gasteiger partial charge in [-0.1, -0.05) is 11.2 Å². The second-order valence-corrected chi connectivity index (χ2v) is 7.20. The molecule has 3 heterocycles. The Labute approximate surface area is 155 Å². The van der Waals surface area contributed by atoms with Gasteiger partial charge in [0.1, 0.15) is 5.75 Å². The normalized spacial score (nSPS) is 17.3. The number of carbonyl (C=O) groups excluding carboxylic acids is 1. The van der Waals surface area contributed by atoms with E-state index in [1.165, 1.54) is 11.3 Å². The number of aromatic nitrogens is 2. The van der Waals surface area contributed by atoms with Gasteiger partial charge in [-0.05, 0) is 48.6 Å². The van der Waals surface area contributed by atoms with Gasteiger partial charge in [0, 0.05) is 18.7 Å². The molecule has 0 saturated carbocycles. The van der Waals surface area contributed by atoms with E-state index >= 15 is 0 Å². The molecule has 4 rings (SSSR count). The van der Waals surface area contributed by atoms with Crippen LogP contribution in [0.25, 0.3) is 11.4 Å². The highest BCUT2D eigenvalue weighted by atomic mass is 32.1. The molecule has 0 aliphatic carbocycles. The fourth-order valence-corrected chi connectivity index (χ4v) is 3.87. The monoisotopic (exact) mass is 369 g/mol. The van der Waals surface area contributed by atoms with Crippen LogP contribution in [0.4, 0.5) is 0 Å². The van der Waals surface area contributed by atoms with Crippen LogP contribution in [0.2, 0.25) is 0 Å². The number of hydrogen-bond acceptors (Lipinski definition) is 6. The predicted octanol–water partition coefficient (Wildman–Crippen LogP) is 3.83. The lowest BCUT2D eigenvalue weighted by Crippen LogP contribution is -2.38. The number of carbonyl (C=O) groups is 1. The zero-order chi connectivity index (χ0) is 17.9. The highest BCUT2D eigenvalue weighted by Gasteiger charge is 2.29. The maximum Gasteiger partial charge on any atom is 0.263 e. The summed E-state index contributed by atoms with van der Waals surface area (Å²) in [7, 11) is 1.63. The van der Waals surface area contributed by atoms with Crippen molar-refractivity contribution in [1.29, 1.82) is 0 Å². The average Bonchev–Trinajstić information content (AvgIpc) is 3.40. The largest absolute Gasteiger partial charge is 0.497 e. The van der Waals surface area contributed by atoms with E-state index in [1.807, 2.05) is 46.7 Å². The number of amides is 1. The summed E-state index contributed by atoms with van der Waals surface area (Å²) in [6.07, 6.45) is 1.88. The molecular formula is C19H19N3O3S. The van der Waals surface area contributed by atoms with Crippen LogP contribution in [0, 0.1) is 0 Å². The number of nitrogens with zero attached hydrogens (tertiary/aromatic N) is 3. The summed E-state index contributed by atoms with van der Waals surface area (Å²) >= 11 is 1.47. The number of likely N-dealkylation sites (tertiary alicyclic amines) is 1. The highest BCUT2D eigenvalue weighted by Crippen LogP contribution is 2.29. The molecule has 1 atom stereocenters. The van der Waals surface area contributed by atoms with E-state index < -0.39 is 0 Å². The Morgan fingerprint density at radius 3 is 2.88 bits per heavy atom. The third-order valence-electron chi connectivity index (χ3n) is 4.58. The molecule has 2 aromatic heterocycles. The molecule has 7 heteroatoms. The van der Waals surface area contributed by atoms with Crippen molar-refractivity contribution in [3.63, 3.8) is 0 Å². The Morgan fingerprint density at radius 2 is 2.15 bits per heavy atom. The molecule has 1 saturated heterocycles. The van der Waals surface area contributed by atoms with Crippen LogP contribution >= 0.6 is 11.3 Å². The predicted molar refractivity (Wildman–Crippen MR) is 98.5 cm³/mol. The van der Waals surface area contributed by atoms with E-state index in [1.54, 1.807) is 7.11 Å². The smallest absolute Gasteiger partial charge is 0.263 e. The quantitative estimate of drug-likeness (QED) is 0.699. The first-order chi connectivity index (χ1) is 12.7. The van der Waals surface area contributed by atoms with Crippen LogP contribution in [-0.2, 0) is 0 Å². The molecule has 0 unspecified atom stereocenters. The topological polar surface area (TPSA) is 68.5 Å². The molecule has 3 aromatic rings. The fraction of sp³-hybridized carbons (Fsp3) is 0.316. The average molecular weight is 369 g/mol. The third kappa shape index (κ3) is 3.35. The molecule has 1 amide bonds. The Morgan fingerprint density at radius 1 is 1.31 bits per heavy atom. The number of hydrogen-bond donors (Lipinski definition) is 0. The van der Waals surface area contributed by atoms with E-state index in [0.717, 1.165) is 35.6 Å². The molecule has 1 aliphatic heterocycles.